The first kappa shape index (κ1) is 12.8. The lowest BCUT2D eigenvalue weighted by Gasteiger charge is -2.17. The van der Waals surface area contributed by atoms with Crippen molar-refractivity contribution in [1.29, 1.82) is 0 Å². The third kappa shape index (κ3) is 4.71. The molecule has 0 atom stereocenters. The second-order valence-electron chi connectivity index (χ2n) is 4.04. The van der Waals surface area contributed by atoms with Crippen LogP contribution in [-0.4, -0.2) is 18.3 Å². The van der Waals surface area contributed by atoms with E-state index in [-0.39, 0.29) is 0 Å². The van der Waals surface area contributed by atoms with Gasteiger partial charge in [0, 0.05) is 25.0 Å². The summed E-state index contributed by atoms with van der Waals surface area (Å²) in [6.07, 6.45) is 7.30. The van der Waals surface area contributed by atoms with E-state index in [1.165, 1.54) is 0 Å². The smallest absolute Gasteiger partial charge is 0.0432 e. The molecule has 78 valence electrons. The summed E-state index contributed by atoms with van der Waals surface area (Å²) in [5.41, 5.74) is 0.957. The SMILES string of the molecule is C#C/C(=C\N(CC(C)C)N=C)C(C)C. The van der Waals surface area contributed by atoms with Gasteiger partial charge in [-0.05, 0) is 11.8 Å². The van der Waals surface area contributed by atoms with Gasteiger partial charge in [-0.3, -0.25) is 5.01 Å². The Morgan fingerprint density at radius 1 is 1.50 bits per heavy atom. The van der Waals surface area contributed by atoms with Gasteiger partial charge in [0.1, 0.15) is 0 Å². The van der Waals surface area contributed by atoms with Gasteiger partial charge in [-0.2, -0.15) is 5.10 Å². The molecule has 0 heterocycles. The van der Waals surface area contributed by atoms with Gasteiger partial charge in [0.05, 0.1) is 0 Å². The van der Waals surface area contributed by atoms with E-state index in [1.54, 1.807) is 5.01 Å². The van der Waals surface area contributed by atoms with E-state index in [0.717, 1.165) is 12.1 Å². The Labute approximate surface area is 87.7 Å². The highest BCUT2D eigenvalue weighted by Crippen LogP contribution is 2.10. The van der Waals surface area contributed by atoms with Gasteiger partial charge in [-0.15, -0.1) is 6.42 Å². The van der Waals surface area contributed by atoms with Crippen LogP contribution in [0, 0.1) is 24.2 Å². The van der Waals surface area contributed by atoms with Crippen molar-refractivity contribution in [3.05, 3.63) is 11.8 Å². The van der Waals surface area contributed by atoms with Gasteiger partial charge in [0.25, 0.3) is 0 Å². The molecule has 0 saturated heterocycles. The van der Waals surface area contributed by atoms with Gasteiger partial charge >= 0.3 is 0 Å². The number of hydrogen-bond donors (Lipinski definition) is 0. The summed E-state index contributed by atoms with van der Waals surface area (Å²) in [5.74, 6) is 3.57. The molecule has 0 aliphatic carbocycles. The van der Waals surface area contributed by atoms with Crippen LogP contribution in [0.15, 0.2) is 16.9 Å². The van der Waals surface area contributed by atoms with Crippen LogP contribution in [0.3, 0.4) is 0 Å². The third-order valence-corrected chi connectivity index (χ3v) is 1.81. The summed E-state index contributed by atoms with van der Waals surface area (Å²) < 4.78 is 0. The molecule has 0 rings (SSSR count). The molecule has 0 saturated carbocycles. The topological polar surface area (TPSA) is 15.6 Å². The van der Waals surface area contributed by atoms with Crippen LogP contribution >= 0.6 is 0 Å². The minimum absolute atomic E-state index is 0.358. The third-order valence-electron chi connectivity index (χ3n) is 1.81. The lowest BCUT2D eigenvalue weighted by Crippen LogP contribution is -2.17. The second kappa shape index (κ2) is 6.26. The number of hydrogen-bond acceptors (Lipinski definition) is 2. The van der Waals surface area contributed by atoms with Gasteiger partial charge in [0.15, 0.2) is 0 Å². The van der Waals surface area contributed by atoms with Crippen molar-refractivity contribution in [2.45, 2.75) is 27.7 Å². The van der Waals surface area contributed by atoms with Crippen molar-refractivity contribution in [3.63, 3.8) is 0 Å². The number of hydrazone groups is 1. The Balaban J connectivity index is 4.55. The van der Waals surface area contributed by atoms with Crippen LogP contribution in [0.5, 0.6) is 0 Å². The molecule has 0 aromatic carbocycles. The summed E-state index contributed by atoms with van der Waals surface area (Å²) in [7, 11) is 0. The molecule has 0 spiro atoms. The molecule has 0 aliphatic rings. The van der Waals surface area contributed by atoms with E-state index in [1.807, 2.05) is 6.20 Å². The van der Waals surface area contributed by atoms with Crippen LogP contribution in [-0.2, 0) is 0 Å². The summed E-state index contributed by atoms with van der Waals surface area (Å²) in [6, 6.07) is 0. The van der Waals surface area contributed by atoms with E-state index in [4.69, 9.17) is 6.42 Å². The molecule has 0 aromatic rings. The fraction of sp³-hybridized carbons (Fsp3) is 0.583. The molecule has 0 unspecified atom stereocenters. The molecule has 0 aliphatic heterocycles. The number of nitrogens with zero attached hydrogens (tertiary/aromatic N) is 2. The Kier molecular flexibility index (Phi) is 5.71. The molecular weight excluding hydrogens is 172 g/mol. The van der Waals surface area contributed by atoms with Crippen LogP contribution in [0.4, 0.5) is 0 Å². The summed E-state index contributed by atoms with van der Waals surface area (Å²) in [4.78, 5) is 0. The normalized spacial score (nSPS) is 11.6. The Morgan fingerprint density at radius 2 is 2.07 bits per heavy atom. The van der Waals surface area contributed by atoms with E-state index in [2.05, 4.69) is 45.4 Å². The highest BCUT2D eigenvalue weighted by atomic mass is 15.4. The lowest BCUT2D eigenvalue weighted by atomic mass is 10.1. The molecular formula is C12H20N2. The number of terminal acetylenes is 1. The Bertz CT molecular complexity index is 244. The summed E-state index contributed by atoms with van der Waals surface area (Å²) in [6.45, 7) is 12.8. The monoisotopic (exact) mass is 192 g/mol. The highest BCUT2D eigenvalue weighted by Gasteiger charge is 2.04. The summed E-state index contributed by atoms with van der Waals surface area (Å²) >= 11 is 0. The second-order valence-corrected chi connectivity index (χ2v) is 4.04. The largest absolute Gasteiger partial charge is 0.272 e. The van der Waals surface area contributed by atoms with Crippen molar-refractivity contribution >= 4 is 6.72 Å². The van der Waals surface area contributed by atoms with Crippen LogP contribution < -0.4 is 0 Å². The molecule has 0 aromatic heterocycles. The van der Waals surface area contributed by atoms with Crippen LogP contribution in [0.25, 0.3) is 0 Å². The quantitative estimate of drug-likeness (QED) is 0.371. The molecule has 2 heteroatoms. The molecule has 0 fully saturated rings. The first-order chi connectivity index (χ1) is 6.51. The fourth-order valence-corrected chi connectivity index (χ4v) is 1.04. The minimum atomic E-state index is 0.358. The van der Waals surface area contributed by atoms with Gasteiger partial charge < -0.3 is 0 Å². The predicted molar refractivity (Wildman–Crippen MR) is 62.8 cm³/mol. The maximum atomic E-state index is 5.40. The van der Waals surface area contributed by atoms with E-state index in [9.17, 15) is 0 Å². The van der Waals surface area contributed by atoms with Gasteiger partial charge in [-0.1, -0.05) is 33.6 Å². The zero-order valence-electron chi connectivity index (χ0n) is 9.62. The first-order valence-corrected chi connectivity index (χ1v) is 4.92. The zero-order chi connectivity index (χ0) is 11.1. The van der Waals surface area contributed by atoms with Gasteiger partial charge in [0.2, 0.25) is 0 Å². The molecule has 0 bridgehead atoms. The van der Waals surface area contributed by atoms with Crippen molar-refractivity contribution < 1.29 is 0 Å². The predicted octanol–water partition coefficient (Wildman–Crippen LogP) is 2.73. The first-order valence-electron chi connectivity index (χ1n) is 4.92. The molecule has 0 amide bonds. The van der Waals surface area contributed by atoms with E-state index < -0.39 is 0 Å². The maximum Gasteiger partial charge on any atom is 0.0432 e. The Hall–Kier alpha value is -1.23. The lowest BCUT2D eigenvalue weighted by molar-refractivity contribution is 0.346. The standard InChI is InChI=1S/C12H20N2/c1-7-12(11(4)5)9-14(13-6)8-10(2)3/h1,9-11H,6,8H2,2-5H3/b12-9+. The molecule has 14 heavy (non-hydrogen) atoms. The van der Waals surface area contributed by atoms with E-state index >= 15 is 0 Å². The number of allylic oxidation sites excluding steroid dienone is 1. The molecule has 2 nitrogen and oxygen atoms in total. The molecule has 0 radical (unpaired) electrons. The van der Waals surface area contributed by atoms with Crippen molar-refractivity contribution in [3.8, 4) is 12.3 Å². The molecule has 0 N–H and O–H groups in total. The van der Waals surface area contributed by atoms with Crippen LogP contribution in [0.2, 0.25) is 0 Å². The van der Waals surface area contributed by atoms with Crippen molar-refractivity contribution in [2.75, 3.05) is 6.54 Å². The van der Waals surface area contributed by atoms with E-state index in [0.29, 0.717) is 11.8 Å². The number of rotatable bonds is 5. The minimum Gasteiger partial charge on any atom is -0.272 e. The van der Waals surface area contributed by atoms with Crippen LogP contribution in [0.1, 0.15) is 27.7 Å². The zero-order valence-corrected chi connectivity index (χ0v) is 9.62. The average Bonchev–Trinajstić information content (AvgIpc) is 2.10. The van der Waals surface area contributed by atoms with Crippen molar-refractivity contribution in [2.24, 2.45) is 16.9 Å². The fourth-order valence-electron chi connectivity index (χ4n) is 1.04. The highest BCUT2D eigenvalue weighted by molar-refractivity contribution is 5.28. The van der Waals surface area contributed by atoms with Gasteiger partial charge in [-0.25, -0.2) is 0 Å². The summed E-state index contributed by atoms with van der Waals surface area (Å²) in [5, 5.41) is 5.72. The van der Waals surface area contributed by atoms with Crippen molar-refractivity contribution in [1.82, 2.24) is 5.01 Å². The average molecular weight is 192 g/mol. The Morgan fingerprint density at radius 3 is 2.36 bits per heavy atom. The maximum absolute atomic E-state index is 5.40.